The SMILES string of the molecule is CCN(C(=O)CC(F)(F)F)n1cc(-c2cccnc2)nc1C. The molecule has 0 saturated heterocycles. The molecule has 2 rings (SSSR count). The number of hydrogen-bond donors (Lipinski definition) is 0. The van der Waals surface area contributed by atoms with Crippen LogP contribution in [-0.2, 0) is 4.79 Å². The summed E-state index contributed by atoms with van der Waals surface area (Å²) in [4.78, 5) is 20.1. The van der Waals surface area contributed by atoms with E-state index in [9.17, 15) is 18.0 Å². The van der Waals surface area contributed by atoms with E-state index in [1.54, 1.807) is 38.4 Å². The molecule has 0 aromatic carbocycles. The van der Waals surface area contributed by atoms with Crippen molar-refractivity contribution in [2.24, 2.45) is 0 Å². The largest absolute Gasteiger partial charge is 0.397 e. The standard InChI is InChI=1S/C14H15F3N4O/c1-3-20(13(22)7-14(15,16)17)21-9-12(19-10(21)2)11-5-4-6-18-8-11/h4-6,8-9H,3,7H2,1-2H3. The van der Waals surface area contributed by atoms with Crippen molar-refractivity contribution in [3.8, 4) is 11.3 Å². The first-order valence-electron chi connectivity index (χ1n) is 6.65. The third-order valence-electron chi connectivity index (χ3n) is 3.01. The van der Waals surface area contributed by atoms with Crippen molar-refractivity contribution in [1.82, 2.24) is 14.6 Å². The summed E-state index contributed by atoms with van der Waals surface area (Å²) in [5.74, 6) is -0.593. The lowest BCUT2D eigenvalue weighted by atomic mass is 10.2. The number of amides is 1. The van der Waals surface area contributed by atoms with Crippen LogP contribution in [0.15, 0.2) is 30.7 Å². The highest BCUT2D eigenvalue weighted by Gasteiger charge is 2.34. The van der Waals surface area contributed by atoms with Gasteiger partial charge < -0.3 is 0 Å². The van der Waals surface area contributed by atoms with Crippen LogP contribution < -0.4 is 5.01 Å². The second kappa shape index (κ2) is 6.17. The van der Waals surface area contributed by atoms with Gasteiger partial charge in [-0.25, -0.2) is 14.7 Å². The molecular formula is C14H15F3N4O. The fraction of sp³-hybridized carbons (Fsp3) is 0.357. The number of carbonyl (C=O) groups is 1. The van der Waals surface area contributed by atoms with Crippen LogP contribution >= 0.6 is 0 Å². The van der Waals surface area contributed by atoms with Crippen molar-refractivity contribution in [1.29, 1.82) is 0 Å². The highest BCUT2D eigenvalue weighted by molar-refractivity contribution is 5.86. The first kappa shape index (κ1) is 16.0. The van der Waals surface area contributed by atoms with Gasteiger partial charge in [-0.3, -0.25) is 9.78 Å². The van der Waals surface area contributed by atoms with Gasteiger partial charge in [-0.2, -0.15) is 13.2 Å². The van der Waals surface area contributed by atoms with Crippen molar-refractivity contribution in [2.45, 2.75) is 26.4 Å². The average molecular weight is 312 g/mol. The molecule has 0 aliphatic heterocycles. The Hall–Kier alpha value is -2.38. The highest BCUT2D eigenvalue weighted by Crippen LogP contribution is 2.22. The van der Waals surface area contributed by atoms with Gasteiger partial charge in [-0.1, -0.05) is 0 Å². The van der Waals surface area contributed by atoms with Gasteiger partial charge in [0.15, 0.2) is 0 Å². The summed E-state index contributed by atoms with van der Waals surface area (Å²) >= 11 is 0. The van der Waals surface area contributed by atoms with E-state index >= 15 is 0 Å². The van der Waals surface area contributed by atoms with Gasteiger partial charge in [0.2, 0.25) is 0 Å². The maximum atomic E-state index is 12.4. The molecule has 0 fully saturated rings. The van der Waals surface area contributed by atoms with Crippen molar-refractivity contribution < 1.29 is 18.0 Å². The molecule has 0 bridgehead atoms. The lowest BCUT2D eigenvalue weighted by Crippen LogP contribution is -2.42. The highest BCUT2D eigenvalue weighted by atomic mass is 19.4. The molecule has 1 amide bonds. The molecule has 5 nitrogen and oxygen atoms in total. The van der Waals surface area contributed by atoms with Crippen LogP contribution in [0, 0.1) is 6.92 Å². The quantitative estimate of drug-likeness (QED) is 0.872. The Kier molecular flexibility index (Phi) is 4.48. The first-order valence-corrected chi connectivity index (χ1v) is 6.65. The third kappa shape index (κ3) is 3.63. The third-order valence-corrected chi connectivity index (χ3v) is 3.01. The summed E-state index contributed by atoms with van der Waals surface area (Å²) in [6, 6.07) is 3.52. The minimum absolute atomic E-state index is 0.110. The Labute approximate surface area is 125 Å². The monoisotopic (exact) mass is 312 g/mol. The second-order valence-electron chi connectivity index (χ2n) is 4.66. The predicted octanol–water partition coefficient (Wildman–Crippen LogP) is 2.69. The number of aryl methyl sites for hydroxylation is 1. The molecular weight excluding hydrogens is 297 g/mol. The Morgan fingerprint density at radius 1 is 1.41 bits per heavy atom. The van der Waals surface area contributed by atoms with E-state index in [1.165, 1.54) is 10.9 Å². The van der Waals surface area contributed by atoms with Gasteiger partial charge in [-0.05, 0) is 26.0 Å². The Morgan fingerprint density at radius 2 is 2.14 bits per heavy atom. The molecule has 22 heavy (non-hydrogen) atoms. The summed E-state index contributed by atoms with van der Waals surface area (Å²) in [5.41, 5.74) is 1.27. The number of nitrogens with zero attached hydrogens (tertiary/aromatic N) is 4. The molecule has 118 valence electrons. The number of hydrogen-bond acceptors (Lipinski definition) is 3. The Balaban J connectivity index is 2.31. The smallest absolute Gasteiger partial charge is 0.273 e. The molecule has 0 saturated carbocycles. The van der Waals surface area contributed by atoms with Crippen LogP contribution in [-0.4, -0.2) is 33.3 Å². The van der Waals surface area contributed by atoms with E-state index in [0.29, 0.717) is 11.5 Å². The van der Waals surface area contributed by atoms with Gasteiger partial charge in [0.25, 0.3) is 5.91 Å². The zero-order chi connectivity index (χ0) is 16.3. The van der Waals surface area contributed by atoms with Gasteiger partial charge >= 0.3 is 6.18 Å². The second-order valence-corrected chi connectivity index (χ2v) is 4.66. The van der Waals surface area contributed by atoms with E-state index in [0.717, 1.165) is 10.6 Å². The number of carbonyl (C=O) groups excluding carboxylic acids is 1. The molecule has 0 aliphatic carbocycles. The van der Waals surface area contributed by atoms with Crippen LogP contribution in [0.2, 0.25) is 0 Å². The van der Waals surface area contributed by atoms with E-state index < -0.39 is 18.5 Å². The molecule has 2 aromatic rings. The minimum atomic E-state index is -4.54. The lowest BCUT2D eigenvalue weighted by Gasteiger charge is -2.23. The average Bonchev–Trinajstić information content (AvgIpc) is 2.81. The fourth-order valence-corrected chi connectivity index (χ4v) is 2.07. The molecule has 0 N–H and O–H groups in total. The predicted molar refractivity (Wildman–Crippen MR) is 74.6 cm³/mol. The van der Waals surface area contributed by atoms with E-state index in [2.05, 4.69) is 9.97 Å². The van der Waals surface area contributed by atoms with Gasteiger partial charge in [-0.15, -0.1) is 0 Å². The molecule has 2 aromatic heterocycles. The first-order chi connectivity index (χ1) is 10.3. The lowest BCUT2D eigenvalue weighted by molar-refractivity contribution is -0.153. The van der Waals surface area contributed by atoms with E-state index in [-0.39, 0.29) is 6.54 Å². The number of imidazole rings is 1. The molecule has 0 atom stereocenters. The number of pyridine rings is 1. The summed E-state index contributed by atoms with van der Waals surface area (Å²) in [6.07, 6.45) is -1.30. The normalized spacial score (nSPS) is 11.5. The van der Waals surface area contributed by atoms with Crippen molar-refractivity contribution in [3.63, 3.8) is 0 Å². The Morgan fingerprint density at radius 3 is 2.68 bits per heavy atom. The zero-order valence-electron chi connectivity index (χ0n) is 12.1. The van der Waals surface area contributed by atoms with Crippen LogP contribution in [0.5, 0.6) is 0 Å². The summed E-state index contributed by atoms with van der Waals surface area (Å²) < 4.78 is 38.6. The van der Waals surface area contributed by atoms with Crippen LogP contribution in [0.25, 0.3) is 11.3 Å². The minimum Gasteiger partial charge on any atom is -0.273 e. The van der Waals surface area contributed by atoms with E-state index in [4.69, 9.17) is 0 Å². The van der Waals surface area contributed by atoms with Gasteiger partial charge in [0.05, 0.1) is 11.9 Å². The van der Waals surface area contributed by atoms with Gasteiger partial charge in [0, 0.05) is 24.5 Å². The Bertz CT molecular complexity index is 652. The molecule has 0 aliphatic rings. The number of aromatic nitrogens is 3. The summed E-state index contributed by atoms with van der Waals surface area (Å²) in [5, 5.41) is 1.02. The van der Waals surface area contributed by atoms with E-state index in [1.807, 2.05) is 0 Å². The molecule has 0 radical (unpaired) electrons. The number of rotatable bonds is 4. The maximum Gasteiger partial charge on any atom is 0.397 e. The van der Waals surface area contributed by atoms with Crippen LogP contribution in [0.4, 0.5) is 13.2 Å². The number of alkyl halides is 3. The molecule has 0 spiro atoms. The number of halogens is 3. The van der Waals surface area contributed by atoms with Crippen molar-refractivity contribution >= 4 is 5.91 Å². The summed E-state index contributed by atoms with van der Waals surface area (Å²) in [6.45, 7) is 3.35. The fourth-order valence-electron chi connectivity index (χ4n) is 2.07. The van der Waals surface area contributed by atoms with Crippen molar-refractivity contribution in [2.75, 3.05) is 11.6 Å². The molecule has 2 heterocycles. The zero-order valence-corrected chi connectivity index (χ0v) is 12.1. The molecule has 8 heteroatoms. The molecule has 0 unspecified atom stereocenters. The summed E-state index contributed by atoms with van der Waals surface area (Å²) in [7, 11) is 0. The maximum absolute atomic E-state index is 12.4. The van der Waals surface area contributed by atoms with Crippen molar-refractivity contribution in [3.05, 3.63) is 36.5 Å². The topological polar surface area (TPSA) is 51.0 Å². The van der Waals surface area contributed by atoms with Crippen LogP contribution in [0.3, 0.4) is 0 Å². The van der Waals surface area contributed by atoms with Crippen LogP contribution in [0.1, 0.15) is 19.2 Å². The van der Waals surface area contributed by atoms with Gasteiger partial charge in [0.1, 0.15) is 12.2 Å².